The van der Waals surface area contributed by atoms with Crippen LogP contribution in [0, 0.1) is 6.92 Å². The molecular weight excluding hydrogens is 448 g/mol. The van der Waals surface area contributed by atoms with Crippen LogP contribution in [0.2, 0.25) is 0 Å². The van der Waals surface area contributed by atoms with E-state index in [2.05, 4.69) is 46.4 Å². The van der Waals surface area contributed by atoms with Crippen molar-refractivity contribution in [3.63, 3.8) is 0 Å². The topological polar surface area (TPSA) is 72.1 Å². The molecule has 0 unspecified atom stereocenters. The van der Waals surface area contributed by atoms with Gasteiger partial charge in [0.1, 0.15) is 0 Å². The Kier molecular flexibility index (Phi) is 7.16. The number of thiazole rings is 1. The van der Waals surface area contributed by atoms with Gasteiger partial charge in [-0.1, -0.05) is 54.6 Å². The highest BCUT2D eigenvalue weighted by Crippen LogP contribution is 2.29. The molecule has 0 bridgehead atoms. The number of carbonyl (C=O) groups excluding carboxylic acids is 1. The van der Waals surface area contributed by atoms with Crippen molar-refractivity contribution in [3.8, 4) is 22.0 Å². The Bertz CT molecular complexity index is 1120. The summed E-state index contributed by atoms with van der Waals surface area (Å²) in [6, 6.07) is 12.2. The third kappa shape index (κ3) is 5.61. The number of nitrogens with zero attached hydrogens (tertiary/aromatic N) is 4. The first-order valence-corrected chi connectivity index (χ1v) is 12.7. The van der Waals surface area contributed by atoms with Crippen LogP contribution in [0.5, 0.6) is 0 Å². The van der Waals surface area contributed by atoms with Gasteiger partial charge in [-0.3, -0.25) is 4.79 Å². The fourth-order valence-corrected chi connectivity index (χ4v) is 5.32. The first kappa shape index (κ1) is 21.7. The lowest BCUT2D eigenvalue weighted by atomic mass is 10.1. The lowest BCUT2D eigenvalue weighted by Crippen LogP contribution is -2.32. The molecule has 0 atom stereocenters. The minimum absolute atomic E-state index is 0.0369. The van der Waals surface area contributed by atoms with E-state index in [1.165, 1.54) is 17.3 Å². The summed E-state index contributed by atoms with van der Waals surface area (Å²) in [6.45, 7) is 5.07. The van der Waals surface area contributed by atoms with Crippen molar-refractivity contribution < 1.29 is 9.21 Å². The van der Waals surface area contributed by atoms with Gasteiger partial charge in [0.15, 0.2) is 4.34 Å². The molecule has 0 aliphatic carbocycles. The Labute approximate surface area is 193 Å². The molecule has 3 aromatic heterocycles. The monoisotopic (exact) mass is 470 g/mol. The van der Waals surface area contributed by atoms with Gasteiger partial charge in [-0.15, -0.1) is 32.9 Å². The summed E-state index contributed by atoms with van der Waals surface area (Å²) in [5.74, 6) is 1.31. The first-order valence-electron chi connectivity index (χ1n) is 9.91. The van der Waals surface area contributed by atoms with Gasteiger partial charge in [0, 0.05) is 17.5 Å². The molecule has 0 saturated heterocycles. The predicted molar refractivity (Wildman–Crippen MR) is 126 cm³/mol. The summed E-state index contributed by atoms with van der Waals surface area (Å²) >= 11 is 4.57. The van der Waals surface area contributed by atoms with Crippen molar-refractivity contribution in [2.45, 2.75) is 31.2 Å². The molecule has 0 spiro atoms. The summed E-state index contributed by atoms with van der Waals surface area (Å²) in [5, 5.41) is 12.2. The van der Waals surface area contributed by atoms with Gasteiger partial charge in [0.2, 0.25) is 11.8 Å². The highest BCUT2D eigenvalue weighted by molar-refractivity contribution is 8.01. The summed E-state index contributed by atoms with van der Waals surface area (Å²) in [7, 11) is 0. The zero-order chi connectivity index (χ0) is 21.6. The SMILES string of the molecule is CCCN(Cc1nnc(-c2cccs2)o1)C(=O)CSc1nc(-c2ccc(C)cc2)cs1. The van der Waals surface area contributed by atoms with E-state index in [-0.39, 0.29) is 5.91 Å². The number of hydrogen-bond donors (Lipinski definition) is 0. The molecule has 1 aromatic carbocycles. The van der Waals surface area contributed by atoms with Gasteiger partial charge in [0.05, 0.1) is 22.9 Å². The average Bonchev–Trinajstić information content (AvgIpc) is 3.53. The minimum atomic E-state index is 0.0369. The minimum Gasteiger partial charge on any atom is -0.418 e. The number of thiophene rings is 1. The van der Waals surface area contributed by atoms with E-state index >= 15 is 0 Å². The van der Waals surface area contributed by atoms with Crippen LogP contribution >= 0.6 is 34.4 Å². The normalized spacial score (nSPS) is 11.0. The maximum Gasteiger partial charge on any atom is 0.257 e. The summed E-state index contributed by atoms with van der Waals surface area (Å²) in [4.78, 5) is 20.2. The van der Waals surface area contributed by atoms with E-state index in [0.29, 0.717) is 30.6 Å². The van der Waals surface area contributed by atoms with Crippen molar-refractivity contribution in [1.29, 1.82) is 0 Å². The van der Waals surface area contributed by atoms with Gasteiger partial charge in [-0.2, -0.15) is 0 Å². The molecule has 0 aliphatic rings. The molecular formula is C22H22N4O2S3. The molecule has 0 N–H and O–H groups in total. The molecule has 0 fully saturated rings. The number of aryl methyl sites for hydroxylation is 1. The lowest BCUT2D eigenvalue weighted by Gasteiger charge is -2.19. The van der Waals surface area contributed by atoms with Gasteiger partial charge in [-0.25, -0.2) is 4.98 Å². The van der Waals surface area contributed by atoms with E-state index in [0.717, 1.165) is 26.9 Å². The highest BCUT2D eigenvalue weighted by Gasteiger charge is 2.18. The molecule has 9 heteroatoms. The Morgan fingerprint density at radius 1 is 1.16 bits per heavy atom. The fraction of sp³-hybridized carbons (Fsp3) is 0.273. The van der Waals surface area contributed by atoms with Crippen molar-refractivity contribution in [3.05, 3.63) is 58.6 Å². The second kappa shape index (κ2) is 10.2. The molecule has 1 amide bonds. The van der Waals surface area contributed by atoms with E-state index in [4.69, 9.17) is 4.42 Å². The number of carbonyl (C=O) groups is 1. The summed E-state index contributed by atoms with van der Waals surface area (Å²) in [6.07, 6.45) is 0.858. The second-order valence-corrected chi connectivity index (χ2v) is 9.98. The number of aromatic nitrogens is 3. The van der Waals surface area contributed by atoms with Crippen molar-refractivity contribution >= 4 is 40.3 Å². The number of benzene rings is 1. The van der Waals surface area contributed by atoms with Gasteiger partial charge < -0.3 is 9.32 Å². The maximum absolute atomic E-state index is 12.9. The van der Waals surface area contributed by atoms with Crippen molar-refractivity contribution in [2.75, 3.05) is 12.3 Å². The number of amides is 1. The van der Waals surface area contributed by atoms with Gasteiger partial charge in [-0.05, 0) is 24.8 Å². The molecule has 6 nitrogen and oxygen atoms in total. The second-order valence-electron chi connectivity index (χ2n) is 6.95. The van der Waals surface area contributed by atoms with E-state index < -0.39 is 0 Å². The van der Waals surface area contributed by atoms with Crippen LogP contribution in [-0.4, -0.2) is 38.3 Å². The molecule has 4 aromatic rings. The third-order valence-electron chi connectivity index (χ3n) is 4.52. The Balaban J connectivity index is 1.36. The zero-order valence-corrected chi connectivity index (χ0v) is 19.7. The molecule has 31 heavy (non-hydrogen) atoms. The van der Waals surface area contributed by atoms with Gasteiger partial charge in [0.25, 0.3) is 5.89 Å². The maximum atomic E-state index is 12.9. The zero-order valence-electron chi connectivity index (χ0n) is 17.3. The van der Waals surface area contributed by atoms with Crippen LogP contribution in [0.4, 0.5) is 0 Å². The number of hydrogen-bond acceptors (Lipinski definition) is 8. The van der Waals surface area contributed by atoms with E-state index in [1.54, 1.807) is 27.6 Å². The van der Waals surface area contributed by atoms with E-state index in [9.17, 15) is 4.79 Å². The molecule has 0 radical (unpaired) electrons. The lowest BCUT2D eigenvalue weighted by molar-refractivity contribution is -0.129. The van der Waals surface area contributed by atoms with Crippen molar-refractivity contribution in [1.82, 2.24) is 20.1 Å². The van der Waals surface area contributed by atoms with Crippen LogP contribution in [0.25, 0.3) is 22.0 Å². The number of rotatable bonds is 9. The van der Waals surface area contributed by atoms with Crippen LogP contribution < -0.4 is 0 Å². The van der Waals surface area contributed by atoms with Crippen LogP contribution in [0.3, 0.4) is 0 Å². The fourth-order valence-electron chi connectivity index (χ4n) is 2.94. The number of thioether (sulfide) groups is 1. The molecule has 4 rings (SSSR count). The van der Waals surface area contributed by atoms with Crippen LogP contribution in [0.15, 0.2) is 55.9 Å². The molecule has 160 valence electrons. The smallest absolute Gasteiger partial charge is 0.257 e. The van der Waals surface area contributed by atoms with Gasteiger partial charge >= 0.3 is 0 Å². The highest BCUT2D eigenvalue weighted by atomic mass is 32.2. The standard InChI is InChI=1S/C22H22N4O2S3/c1-3-10-26(12-19-24-25-21(28-19)18-5-4-11-29-18)20(27)14-31-22-23-17(13-30-22)16-8-6-15(2)7-9-16/h4-9,11,13H,3,10,12,14H2,1-2H3. The third-order valence-corrected chi connectivity index (χ3v) is 7.38. The Morgan fingerprint density at radius 3 is 2.74 bits per heavy atom. The summed E-state index contributed by atoms with van der Waals surface area (Å²) in [5.41, 5.74) is 3.25. The molecule has 0 saturated carbocycles. The quantitative estimate of drug-likeness (QED) is 0.290. The van der Waals surface area contributed by atoms with Crippen LogP contribution in [0.1, 0.15) is 24.8 Å². The Hall–Kier alpha value is -2.49. The first-order chi connectivity index (χ1) is 15.1. The Morgan fingerprint density at radius 2 is 2.00 bits per heavy atom. The molecule has 0 aliphatic heterocycles. The van der Waals surface area contributed by atoms with E-state index in [1.807, 2.05) is 29.8 Å². The molecule has 3 heterocycles. The summed E-state index contributed by atoms with van der Waals surface area (Å²) < 4.78 is 6.64. The van der Waals surface area contributed by atoms with Crippen molar-refractivity contribution in [2.24, 2.45) is 0 Å². The average molecular weight is 471 g/mol. The largest absolute Gasteiger partial charge is 0.418 e. The predicted octanol–water partition coefficient (Wildman–Crippen LogP) is 5.76. The van der Waals surface area contributed by atoms with Crippen LogP contribution in [-0.2, 0) is 11.3 Å².